The van der Waals surface area contributed by atoms with Crippen molar-refractivity contribution in [2.75, 3.05) is 28.4 Å². The molecule has 1 aliphatic heterocycles. The SMILES string of the molecule is COc1cc(C)c(-c2ccccc2C2=C/C(=C(\c3c(C)cc(C)cc3C)c3cc(-c4ccccc4-c4cc(OC)c(OC)cc4C)cn3B(F)F)N=C2)cc1OC. The second-order valence-electron chi connectivity index (χ2n) is 14.3. The molecule has 6 aromatic rings. The zero-order chi connectivity index (χ0) is 40.5. The second kappa shape index (κ2) is 16.0. The van der Waals surface area contributed by atoms with Crippen molar-refractivity contribution in [1.29, 1.82) is 0 Å². The summed E-state index contributed by atoms with van der Waals surface area (Å²) in [6.45, 7) is 10.1. The number of rotatable bonds is 11. The molecule has 1 aliphatic rings. The third-order valence-electron chi connectivity index (χ3n) is 10.7. The van der Waals surface area contributed by atoms with Gasteiger partial charge in [0.05, 0.1) is 34.1 Å². The molecule has 0 radical (unpaired) electrons. The van der Waals surface area contributed by atoms with Crippen molar-refractivity contribution in [2.45, 2.75) is 34.6 Å². The monoisotopic (exact) mass is 762 g/mol. The first-order chi connectivity index (χ1) is 27.5. The van der Waals surface area contributed by atoms with Gasteiger partial charge in [0.15, 0.2) is 23.0 Å². The van der Waals surface area contributed by atoms with Crippen LogP contribution in [0.25, 0.3) is 44.5 Å². The molecular formula is C48H45BF2N2O4. The van der Waals surface area contributed by atoms with Gasteiger partial charge in [-0.3, -0.25) is 13.6 Å². The molecule has 0 unspecified atom stereocenters. The lowest BCUT2D eigenvalue weighted by atomic mass is 9.88. The van der Waals surface area contributed by atoms with Crippen LogP contribution in [0.3, 0.4) is 0 Å². The van der Waals surface area contributed by atoms with Crippen LogP contribution >= 0.6 is 0 Å². The average Bonchev–Trinajstić information content (AvgIpc) is 3.88. The van der Waals surface area contributed by atoms with E-state index in [4.69, 9.17) is 23.9 Å². The number of nitrogens with zero attached hydrogens (tertiary/aromatic N) is 2. The molecule has 0 fully saturated rings. The first-order valence-electron chi connectivity index (χ1n) is 18.7. The van der Waals surface area contributed by atoms with E-state index in [0.29, 0.717) is 45.5 Å². The van der Waals surface area contributed by atoms with Crippen LogP contribution in [0.15, 0.2) is 114 Å². The molecule has 0 spiro atoms. The lowest BCUT2D eigenvalue weighted by Gasteiger charge is -2.18. The van der Waals surface area contributed by atoms with Gasteiger partial charge in [-0.15, -0.1) is 0 Å². The summed E-state index contributed by atoms with van der Waals surface area (Å²) in [4.78, 5) is 5.00. The quantitative estimate of drug-likeness (QED) is 0.123. The minimum Gasteiger partial charge on any atom is -0.493 e. The van der Waals surface area contributed by atoms with Gasteiger partial charge >= 0.3 is 7.40 Å². The zero-order valence-electron chi connectivity index (χ0n) is 33.8. The van der Waals surface area contributed by atoms with Crippen molar-refractivity contribution in [3.8, 4) is 56.4 Å². The van der Waals surface area contributed by atoms with Gasteiger partial charge in [0.25, 0.3) is 0 Å². The maximum absolute atomic E-state index is 15.4. The van der Waals surface area contributed by atoms with Gasteiger partial charge in [-0.05, 0) is 138 Å². The summed E-state index contributed by atoms with van der Waals surface area (Å²) in [5.74, 6) is 2.48. The Bertz CT molecular complexity index is 2600. The molecule has 0 atom stereocenters. The van der Waals surface area contributed by atoms with E-state index in [1.807, 2.05) is 114 Å². The fraction of sp³-hybridized carbons (Fsp3) is 0.188. The van der Waals surface area contributed by atoms with Crippen molar-refractivity contribution in [3.63, 3.8) is 0 Å². The highest BCUT2D eigenvalue weighted by Gasteiger charge is 2.29. The first-order valence-corrected chi connectivity index (χ1v) is 18.7. The lowest BCUT2D eigenvalue weighted by molar-refractivity contribution is 0.355. The largest absolute Gasteiger partial charge is 0.677 e. The minimum absolute atomic E-state index is 0.363. The summed E-state index contributed by atoms with van der Waals surface area (Å²) in [5, 5.41) is 0. The molecule has 0 N–H and O–H groups in total. The number of halogens is 2. The smallest absolute Gasteiger partial charge is 0.493 e. The fourth-order valence-corrected chi connectivity index (χ4v) is 8.08. The highest BCUT2D eigenvalue weighted by molar-refractivity contribution is 6.41. The van der Waals surface area contributed by atoms with Gasteiger partial charge in [0.2, 0.25) is 0 Å². The van der Waals surface area contributed by atoms with Crippen LogP contribution in [0.1, 0.15) is 44.6 Å². The van der Waals surface area contributed by atoms with Gasteiger partial charge in [0, 0.05) is 29.3 Å². The number of aryl methyl sites for hydroxylation is 5. The van der Waals surface area contributed by atoms with Crippen LogP contribution in [0.5, 0.6) is 23.0 Å². The number of benzene rings is 5. The van der Waals surface area contributed by atoms with E-state index >= 15 is 8.63 Å². The first kappa shape index (κ1) is 38.9. The summed E-state index contributed by atoms with van der Waals surface area (Å²) in [6, 6.07) is 29.8. The van der Waals surface area contributed by atoms with E-state index in [-0.39, 0.29) is 0 Å². The molecule has 288 valence electrons. The minimum atomic E-state index is -2.83. The summed E-state index contributed by atoms with van der Waals surface area (Å²) >= 11 is 0. The Kier molecular flexibility index (Phi) is 10.9. The van der Waals surface area contributed by atoms with Crippen molar-refractivity contribution >= 4 is 24.8 Å². The molecule has 0 aliphatic carbocycles. The lowest BCUT2D eigenvalue weighted by Crippen LogP contribution is -2.15. The number of hydrogen-bond acceptors (Lipinski definition) is 5. The maximum atomic E-state index is 15.4. The molecule has 5 aromatic carbocycles. The standard InChI is InChI=1S/C48H45BF2N2O4/c1-28-18-31(4)47(32(5)19-28)48(41-22-33(26-52-41)35-14-10-12-16-37(35)39-24-45(56-8)43(54-6)20-29(39)2)42-23-34(27-53(42)49(50)51)36-15-11-13-17-38(36)40-25-46(57-9)44(55-7)21-30(40)3/h10-27H,1-9H3/b48-41+. The number of hydrogen-bond donors (Lipinski definition) is 0. The third-order valence-corrected chi connectivity index (χ3v) is 10.7. The normalized spacial score (nSPS) is 13.1. The Morgan fingerprint density at radius 2 is 1.04 bits per heavy atom. The molecule has 0 amide bonds. The van der Waals surface area contributed by atoms with Crippen LogP contribution < -0.4 is 18.9 Å². The zero-order valence-corrected chi connectivity index (χ0v) is 33.8. The average molecular weight is 763 g/mol. The Labute approximate surface area is 333 Å². The molecule has 6 nitrogen and oxygen atoms in total. The molecule has 7 rings (SSSR count). The second-order valence-corrected chi connectivity index (χ2v) is 14.3. The molecule has 0 saturated heterocycles. The van der Waals surface area contributed by atoms with E-state index in [1.165, 1.54) is 0 Å². The fourth-order valence-electron chi connectivity index (χ4n) is 8.08. The summed E-state index contributed by atoms with van der Waals surface area (Å²) in [7, 11) is 3.63. The molecule has 1 aromatic heterocycles. The van der Waals surface area contributed by atoms with Crippen LogP contribution in [-0.2, 0) is 0 Å². The highest BCUT2D eigenvalue weighted by Crippen LogP contribution is 2.44. The number of aromatic nitrogens is 1. The molecular weight excluding hydrogens is 717 g/mol. The molecule has 57 heavy (non-hydrogen) atoms. The predicted octanol–water partition coefficient (Wildman–Crippen LogP) is 11.8. The van der Waals surface area contributed by atoms with Gasteiger partial charge < -0.3 is 23.4 Å². The summed E-state index contributed by atoms with van der Waals surface area (Å²) < 4.78 is 54.4. The third kappa shape index (κ3) is 7.26. The van der Waals surface area contributed by atoms with Gasteiger partial charge in [0.1, 0.15) is 0 Å². The Morgan fingerprint density at radius 3 is 1.54 bits per heavy atom. The van der Waals surface area contributed by atoms with E-state index in [1.54, 1.807) is 34.6 Å². The van der Waals surface area contributed by atoms with Crippen molar-refractivity contribution < 1.29 is 27.6 Å². The number of ether oxygens (including phenoxy) is 4. The molecule has 9 heteroatoms. The van der Waals surface area contributed by atoms with Crippen LogP contribution in [0.4, 0.5) is 8.63 Å². The van der Waals surface area contributed by atoms with Crippen molar-refractivity contribution in [1.82, 2.24) is 4.48 Å². The van der Waals surface area contributed by atoms with Gasteiger partial charge in [-0.2, -0.15) is 0 Å². The van der Waals surface area contributed by atoms with E-state index in [9.17, 15) is 0 Å². The highest BCUT2D eigenvalue weighted by atomic mass is 19.2. The van der Waals surface area contributed by atoms with E-state index in [2.05, 4.69) is 24.3 Å². The molecule has 0 bridgehead atoms. The topological polar surface area (TPSA) is 54.2 Å². The van der Waals surface area contributed by atoms with Gasteiger partial charge in [-0.1, -0.05) is 66.2 Å². The number of methoxy groups -OCH3 is 4. The number of aliphatic imine (C=N–C) groups is 1. The van der Waals surface area contributed by atoms with Crippen LogP contribution in [0.2, 0.25) is 0 Å². The summed E-state index contributed by atoms with van der Waals surface area (Å²) in [5.41, 5.74) is 14.5. The van der Waals surface area contributed by atoms with Crippen molar-refractivity contribution in [3.05, 3.63) is 154 Å². The van der Waals surface area contributed by atoms with E-state index in [0.717, 1.165) is 76.8 Å². The molecule has 2 heterocycles. The Balaban J connectivity index is 1.45. The number of allylic oxidation sites excluding steroid dienone is 2. The predicted molar refractivity (Wildman–Crippen MR) is 229 cm³/mol. The van der Waals surface area contributed by atoms with Crippen LogP contribution in [-0.4, -0.2) is 46.5 Å². The maximum Gasteiger partial charge on any atom is 0.677 e. The van der Waals surface area contributed by atoms with E-state index < -0.39 is 7.40 Å². The Morgan fingerprint density at radius 1 is 0.561 bits per heavy atom. The van der Waals surface area contributed by atoms with Crippen molar-refractivity contribution in [2.24, 2.45) is 4.99 Å². The molecule has 0 saturated carbocycles. The summed E-state index contributed by atoms with van der Waals surface area (Å²) in [6.07, 6.45) is 5.38. The van der Waals surface area contributed by atoms with Crippen LogP contribution in [0, 0.1) is 34.6 Å². The van der Waals surface area contributed by atoms with Gasteiger partial charge in [-0.25, -0.2) is 0 Å². The Hall–Kier alpha value is -6.35.